The van der Waals surface area contributed by atoms with E-state index in [9.17, 15) is 4.79 Å². The third-order valence-electron chi connectivity index (χ3n) is 3.15. The molecule has 1 aromatic carbocycles. The topological polar surface area (TPSA) is 17.1 Å². The first kappa shape index (κ1) is 13.0. The Morgan fingerprint density at radius 2 is 1.89 bits per heavy atom. The van der Waals surface area contributed by atoms with Gasteiger partial charge < -0.3 is 0 Å². The van der Waals surface area contributed by atoms with Crippen molar-refractivity contribution in [1.29, 1.82) is 0 Å². The SMILES string of the molecule is CCCC(=O)c1ccc(-c2ccc(C)c(C)c2)s1. The molecule has 1 heterocycles. The third kappa shape index (κ3) is 2.70. The first-order valence-corrected chi connectivity index (χ1v) is 7.14. The predicted octanol–water partition coefficient (Wildman–Crippen LogP) is 5.01. The van der Waals surface area contributed by atoms with E-state index in [4.69, 9.17) is 0 Å². The molecule has 1 aromatic heterocycles. The molecule has 0 fully saturated rings. The molecule has 94 valence electrons. The minimum Gasteiger partial charge on any atom is -0.293 e. The standard InChI is InChI=1S/C16H18OS/c1-4-5-14(17)16-9-8-15(18-16)13-7-6-11(2)12(3)10-13/h6-10H,4-5H2,1-3H3. The van der Waals surface area contributed by atoms with Crippen LogP contribution < -0.4 is 0 Å². The van der Waals surface area contributed by atoms with Gasteiger partial charge in [-0.15, -0.1) is 11.3 Å². The predicted molar refractivity (Wildman–Crippen MR) is 78.5 cm³/mol. The van der Waals surface area contributed by atoms with Crippen LogP contribution in [0.2, 0.25) is 0 Å². The third-order valence-corrected chi connectivity index (χ3v) is 4.32. The van der Waals surface area contributed by atoms with Gasteiger partial charge in [0.25, 0.3) is 0 Å². The minimum absolute atomic E-state index is 0.262. The summed E-state index contributed by atoms with van der Waals surface area (Å²) >= 11 is 1.60. The van der Waals surface area contributed by atoms with Gasteiger partial charge in [0.15, 0.2) is 5.78 Å². The molecule has 1 nitrogen and oxygen atoms in total. The molecule has 0 radical (unpaired) electrons. The first-order valence-electron chi connectivity index (χ1n) is 6.32. The van der Waals surface area contributed by atoms with Gasteiger partial charge in [-0.3, -0.25) is 4.79 Å². The monoisotopic (exact) mass is 258 g/mol. The van der Waals surface area contributed by atoms with E-state index in [0.717, 1.165) is 11.3 Å². The molecule has 2 heteroatoms. The second kappa shape index (κ2) is 5.49. The van der Waals surface area contributed by atoms with Gasteiger partial charge in [-0.25, -0.2) is 0 Å². The van der Waals surface area contributed by atoms with Gasteiger partial charge in [-0.05, 0) is 49.1 Å². The van der Waals surface area contributed by atoms with Gasteiger partial charge in [0.05, 0.1) is 4.88 Å². The second-order valence-electron chi connectivity index (χ2n) is 4.64. The highest BCUT2D eigenvalue weighted by Crippen LogP contribution is 2.30. The summed E-state index contributed by atoms with van der Waals surface area (Å²) in [6.45, 7) is 6.27. The zero-order chi connectivity index (χ0) is 13.1. The lowest BCUT2D eigenvalue weighted by Crippen LogP contribution is -1.93. The van der Waals surface area contributed by atoms with E-state index >= 15 is 0 Å². The molecule has 0 atom stereocenters. The molecule has 2 aromatic rings. The average Bonchev–Trinajstić information content (AvgIpc) is 2.82. The zero-order valence-electron chi connectivity index (χ0n) is 11.1. The van der Waals surface area contributed by atoms with Crippen LogP contribution in [0.15, 0.2) is 30.3 Å². The molecule has 2 rings (SSSR count). The fraction of sp³-hybridized carbons (Fsp3) is 0.312. The Hall–Kier alpha value is -1.41. The highest BCUT2D eigenvalue weighted by Gasteiger charge is 2.09. The van der Waals surface area contributed by atoms with Crippen LogP contribution in [0.5, 0.6) is 0 Å². The molecule has 0 aliphatic carbocycles. The van der Waals surface area contributed by atoms with Crippen molar-refractivity contribution in [2.75, 3.05) is 0 Å². The van der Waals surface area contributed by atoms with Crippen molar-refractivity contribution in [2.24, 2.45) is 0 Å². The normalized spacial score (nSPS) is 10.6. The summed E-state index contributed by atoms with van der Waals surface area (Å²) in [7, 11) is 0. The van der Waals surface area contributed by atoms with Gasteiger partial charge in [-0.2, -0.15) is 0 Å². The summed E-state index contributed by atoms with van der Waals surface area (Å²) < 4.78 is 0. The number of rotatable bonds is 4. The van der Waals surface area contributed by atoms with Crippen LogP contribution in [-0.2, 0) is 0 Å². The Kier molecular flexibility index (Phi) is 3.97. The molecule has 0 aliphatic heterocycles. The molecule has 0 spiro atoms. The van der Waals surface area contributed by atoms with E-state index in [-0.39, 0.29) is 5.78 Å². The van der Waals surface area contributed by atoms with E-state index in [1.807, 2.05) is 13.0 Å². The summed E-state index contributed by atoms with van der Waals surface area (Å²) in [6.07, 6.45) is 1.56. The lowest BCUT2D eigenvalue weighted by atomic mass is 10.1. The van der Waals surface area contributed by atoms with Crippen LogP contribution in [0.4, 0.5) is 0 Å². The van der Waals surface area contributed by atoms with Crippen molar-refractivity contribution in [3.63, 3.8) is 0 Å². The summed E-state index contributed by atoms with van der Waals surface area (Å²) in [5.41, 5.74) is 3.80. The van der Waals surface area contributed by atoms with Gasteiger partial charge in [0, 0.05) is 11.3 Å². The quantitative estimate of drug-likeness (QED) is 0.704. The molecule has 18 heavy (non-hydrogen) atoms. The average molecular weight is 258 g/mol. The van der Waals surface area contributed by atoms with Crippen molar-refractivity contribution in [3.8, 4) is 10.4 Å². The molecule has 0 bridgehead atoms. The lowest BCUT2D eigenvalue weighted by molar-refractivity contribution is 0.0985. The highest BCUT2D eigenvalue weighted by molar-refractivity contribution is 7.17. The smallest absolute Gasteiger partial charge is 0.172 e. The van der Waals surface area contributed by atoms with Gasteiger partial charge >= 0.3 is 0 Å². The number of ketones is 1. The summed E-state index contributed by atoms with van der Waals surface area (Å²) in [5, 5.41) is 0. The Balaban J connectivity index is 2.29. The summed E-state index contributed by atoms with van der Waals surface area (Å²) in [4.78, 5) is 13.9. The van der Waals surface area contributed by atoms with Crippen molar-refractivity contribution >= 4 is 17.1 Å². The largest absolute Gasteiger partial charge is 0.293 e. The first-order chi connectivity index (χ1) is 8.61. The van der Waals surface area contributed by atoms with Gasteiger partial charge in [0.2, 0.25) is 0 Å². The van der Waals surface area contributed by atoms with Crippen LogP contribution in [0, 0.1) is 13.8 Å². The number of hydrogen-bond donors (Lipinski definition) is 0. The maximum atomic E-state index is 11.8. The summed E-state index contributed by atoms with van der Waals surface area (Å²) in [5.74, 6) is 0.262. The van der Waals surface area contributed by atoms with E-state index < -0.39 is 0 Å². The van der Waals surface area contributed by atoms with Gasteiger partial charge in [-0.1, -0.05) is 25.1 Å². The van der Waals surface area contributed by atoms with E-state index in [2.05, 4.69) is 38.1 Å². The Morgan fingerprint density at radius 1 is 1.11 bits per heavy atom. The molecule has 0 amide bonds. The lowest BCUT2D eigenvalue weighted by Gasteiger charge is -2.02. The maximum absolute atomic E-state index is 11.8. The maximum Gasteiger partial charge on any atom is 0.172 e. The molecular weight excluding hydrogens is 240 g/mol. The highest BCUT2D eigenvalue weighted by atomic mass is 32.1. The number of Topliss-reactive ketones (excluding diaryl/α,β-unsaturated/α-hetero) is 1. The molecule has 0 saturated heterocycles. The van der Waals surface area contributed by atoms with Crippen LogP contribution in [0.3, 0.4) is 0 Å². The van der Waals surface area contributed by atoms with E-state index in [1.165, 1.54) is 21.6 Å². The van der Waals surface area contributed by atoms with E-state index in [0.29, 0.717) is 6.42 Å². The minimum atomic E-state index is 0.262. The molecule has 0 saturated carbocycles. The Morgan fingerprint density at radius 3 is 2.56 bits per heavy atom. The van der Waals surface area contributed by atoms with Crippen LogP contribution in [0.25, 0.3) is 10.4 Å². The molecule has 0 unspecified atom stereocenters. The summed E-state index contributed by atoms with van der Waals surface area (Å²) in [6, 6.07) is 10.5. The Labute approximate surface area is 112 Å². The fourth-order valence-electron chi connectivity index (χ4n) is 1.89. The second-order valence-corrected chi connectivity index (χ2v) is 5.72. The zero-order valence-corrected chi connectivity index (χ0v) is 11.9. The Bertz CT molecular complexity index is 566. The van der Waals surface area contributed by atoms with Crippen molar-refractivity contribution in [1.82, 2.24) is 0 Å². The van der Waals surface area contributed by atoms with Crippen LogP contribution in [-0.4, -0.2) is 5.78 Å². The molecular formula is C16H18OS. The molecule has 0 N–H and O–H groups in total. The number of carbonyl (C=O) groups is 1. The van der Waals surface area contributed by atoms with Crippen molar-refractivity contribution in [2.45, 2.75) is 33.6 Å². The number of thiophene rings is 1. The van der Waals surface area contributed by atoms with Crippen LogP contribution in [0.1, 0.15) is 40.6 Å². The number of aryl methyl sites for hydroxylation is 2. The van der Waals surface area contributed by atoms with E-state index in [1.54, 1.807) is 11.3 Å². The van der Waals surface area contributed by atoms with Gasteiger partial charge in [0.1, 0.15) is 0 Å². The van der Waals surface area contributed by atoms with Crippen molar-refractivity contribution < 1.29 is 4.79 Å². The number of carbonyl (C=O) groups excluding carboxylic acids is 1. The number of hydrogen-bond acceptors (Lipinski definition) is 2. The van der Waals surface area contributed by atoms with Crippen LogP contribution >= 0.6 is 11.3 Å². The molecule has 0 aliphatic rings. The fourth-order valence-corrected chi connectivity index (χ4v) is 2.86. The number of benzene rings is 1. The van der Waals surface area contributed by atoms with Crippen molar-refractivity contribution in [3.05, 3.63) is 46.3 Å².